The number of nitrogens with zero attached hydrogens (tertiary/aromatic N) is 1. The Morgan fingerprint density at radius 1 is 1.20 bits per heavy atom. The number of nitrogens with one attached hydrogen (secondary N) is 2. The van der Waals surface area contributed by atoms with Crippen LogP contribution in [0.15, 0.2) is 24.3 Å². The number of anilines is 1. The van der Waals surface area contributed by atoms with E-state index in [4.69, 9.17) is 0 Å². The van der Waals surface area contributed by atoms with E-state index in [0.717, 1.165) is 25.3 Å². The molecule has 0 bridgehead atoms. The van der Waals surface area contributed by atoms with E-state index in [1.807, 2.05) is 31.2 Å². The molecule has 0 aliphatic heterocycles. The minimum atomic E-state index is 0.000231. The molecule has 1 rings (SSSR count). The summed E-state index contributed by atoms with van der Waals surface area (Å²) in [6.07, 6.45) is 0. The first kappa shape index (κ1) is 16.7. The molecule has 1 amide bonds. The van der Waals surface area contributed by atoms with Gasteiger partial charge < -0.3 is 15.5 Å². The van der Waals surface area contributed by atoms with Crippen molar-refractivity contribution >= 4 is 11.6 Å². The quantitative estimate of drug-likeness (QED) is 0.766. The average molecular weight is 277 g/mol. The lowest BCUT2D eigenvalue weighted by Gasteiger charge is -2.23. The van der Waals surface area contributed by atoms with Crippen molar-refractivity contribution in [3.8, 4) is 0 Å². The Labute approximate surface area is 122 Å². The highest BCUT2D eigenvalue weighted by Crippen LogP contribution is 2.07. The molecule has 0 aliphatic carbocycles. The molecule has 1 aromatic rings. The lowest BCUT2D eigenvalue weighted by atomic mass is 10.2. The van der Waals surface area contributed by atoms with Crippen molar-refractivity contribution in [3.05, 3.63) is 29.8 Å². The van der Waals surface area contributed by atoms with Crippen molar-refractivity contribution < 1.29 is 4.79 Å². The third kappa shape index (κ3) is 6.17. The van der Waals surface area contributed by atoms with Crippen LogP contribution in [0.5, 0.6) is 0 Å². The Hall–Kier alpha value is -1.39. The molecule has 0 aliphatic rings. The summed E-state index contributed by atoms with van der Waals surface area (Å²) < 4.78 is 0. The molecule has 0 fully saturated rings. The molecule has 20 heavy (non-hydrogen) atoms. The number of rotatable bonds is 8. The van der Waals surface area contributed by atoms with Gasteiger partial charge in [-0.2, -0.15) is 0 Å². The van der Waals surface area contributed by atoms with Gasteiger partial charge in [-0.15, -0.1) is 0 Å². The second kappa shape index (κ2) is 8.72. The van der Waals surface area contributed by atoms with Crippen LogP contribution in [-0.4, -0.2) is 43.0 Å². The highest BCUT2D eigenvalue weighted by molar-refractivity contribution is 5.92. The number of likely N-dealkylation sites (N-methyl/N-ethyl adjacent to an activating group) is 1. The van der Waals surface area contributed by atoms with Gasteiger partial charge in [0.2, 0.25) is 5.91 Å². The maximum absolute atomic E-state index is 11.8. The van der Waals surface area contributed by atoms with Gasteiger partial charge in [0, 0.05) is 18.3 Å². The number of hydrogen-bond donors (Lipinski definition) is 2. The molecule has 0 saturated carbocycles. The molecule has 1 unspecified atom stereocenters. The third-order valence-corrected chi connectivity index (χ3v) is 3.37. The maximum atomic E-state index is 11.8. The van der Waals surface area contributed by atoms with E-state index >= 15 is 0 Å². The van der Waals surface area contributed by atoms with Gasteiger partial charge in [0.05, 0.1) is 6.54 Å². The predicted molar refractivity (Wildman–Crippen MR) is 85.1 cm³/mol. The van der Waals surface area contributed by atoms with Crippen molar-refractivity contribution in [2.24, 2.45) is 0 Å². The normalized spacial score (nSPS) is 12.4. The minimum absolute atomic E-state index is 0.000231. The molecule has 0 aromatic heterocycles. The van der Waals surface area contributed by atoms with E-state index in [2.05, 4.69) is 36.3 Å². The fraction of sp³-hybridized carbons (Fsp3) is 0.562. The topological polar surface area (TPSA) is 44.4 Å². The highest BCUT2D eigenvalue weighted by Gasteiger charge is 2.08. The SMILES string of the molecule is CCN(CC)CC(C)NCC(=O)Nc1ccc(C)cc1. The first-order valence-corrected chi connectivity index (χ1v) is 7.37. The summed E-state index contributed by atoms with van der Waals surface area (Å²) >= 11 is 0. The predicted octanol–water partition coefficient (Wildman–Crippen LogP) is 2.25. The van der Waals surface area contributed by atoms with Crippen LogP contribution in [0.4, 0.5) is 5.69 Å². The Morgan fingerprint density at radius 3 is 2.35 bits per heavy atom. The van der Waals surface area contributed by atoms with Gasteiger partial charge in [-0.1, -0.05) is 31.5 Å². The summed E-state index contributed by atoms with van der Waals surface area (Å²) in [6.45, 7) is 11.8. The summed E-state index contributed by atoms with van der Waals surface area (Å²) in [7, 11) is 0. The fourth-order valence-corrected chi connectivity index (χ4v) is 2.04. The first-order chi connectivity index (χ1) is 9.55. The summed E-state index contributed by atoms with van der Waals surface area (Å²) in [5.74, 6) is 0.000231. The van der Waals surface area contributed by atoms with Crippen LogP contribution >= 0.6 is 0 Å². The third-order valence-electron chi connectivity index (χ3n) is 3.37. The molecular formula is C16H27N3O. The van der Waals surface area contributed by atoms with E-state index < -0.39 is 0 Å². The van der Waals surface area contributed by atoms with E-state index in [1.54, 1.807) is 0 Å². The van der Waals surface area contributed by atoms with E-state index in [0.29, 0.717) is 12.6 Å². The Bertz CT molecular complexity index is 399. The largest absolute Gasteiger partial charge is 0.325 e. The maximum Gasteiger partial charge on any atom is 0.238 e. The lowest BCUT2D eigenvalue weighted by molar-refractivity contribution is -0.115. The average Bonchev–Trinajstić information content (AvgIpc) is 2.45. The van der Waals surface area contributed by atoms with Crippen LogP contribution in [-0.2, 0) is 4.79 Å². The van der Waals surface area contributed by atoms with Crippen LogP contribution in [0.25, 0.3) is 0 Å². The van der Waals surface area contributed by atoms with Gasteiger partial charge in [-0.25, -0.2) is 0 Å². The summed E-state index contributed by atoms with van der Waals surface area (Å²) in [4.78, 5) is 14.2. The zero-order valence-corrected chi connectivity index (χ0v) is 13.1. The fourth-order valence-electron chi connectivity index (χ4n) is 2.04. The monoisotopic (exact) mass is 277 g/mol. The molecule has 4 nitrogen and oxygen atoms in total. The molecule has 1 atom stereocenters. The number of aryl methyl sites for hydroxylation is 1. The minimum Gasteiger partial charge on any atom is -0.325 e. The highest BCUT2D eigenvalue weighted by atomic mass is 16.1. The van der Waals surface area contributed by atoms with Crippen molar-refractivity contribution in [1.29, 1.82) is 0 Å². The Kier molecular flexibility index (Phi) is 7.26. The molecule has 2 N–H and O–H groups in total. The molecule has 0 spiro atoms. The van der Waals surface area contributed by atoms with Crippen LogP contribution in [0.3, 0.4) is 0 Å². The number of carbonyl (C=O) groups is 1. The molecule has 4 heteroatoms. The molecule has 0 radical (unpaired) electrons. The second-order valence-corrected chi connectivity index (χ2v) is 5.18. The van der Waals surface area contributed by atoms with E-state index in [1.165, 1.54) is 5.56 Å². The van der Waals surface area contributed by atoms with Gasteiger partial charge in [0.15, 0.2) is 0 Å². The van der Waals surface area contributed by atoms with Crippen molar-refractivity contribution in [2.75, 3.05) is 31.5 Å². The van der Waals surface area contributed by atoms with Crippen molar-refractivity contribution in [2.45, 2.75) is 33.7 Å². The van der Waals surface area contributed by atoms with Gasteiger partial charge in [0.25, 0.3) is 0 Å². The van der Waals surface area contributed by atoms with Gasteiger partial charge in [-0.05, 0) is 39.1 Å². The number of hydrogen-bond acceptors (Lipinski definition) is 3. The molecular weight excluding hydrogens is 250 g/mol. The van der Waals surface area contributed by atoms with Crippen LogP contribution in [0.2, 0.25) is 0 Å². The van der Waals surface area contributed by atoms with E-state index in [9.17, 15) is 4.79 Å². The van der Waals surface area contributed by atoms with Crippen LogP contribution in [0.1, 0.15) is 26.3 Å². The van der Waals surface area contributed by atoms with Gasteiger partial charge in [-0.3, -0.25) is 4.79 Å². The first-order valence-electron chi connectivity index (χ1n) is 7.37. The number of benzene rings is 1. The molecule has 1 aromatic carbocycles. The molecule has 0 saturated heterocycles. The zero-order valence-electron chi connectivity index (χ0n) is 13.1. The standard InChI is InChI=1S/C16H27N3O/c1-5-19(6-2)12-14(4)17-11-16(20)18-15-9-7-13(3)8-10-15/h7-10,14,17H,5-6,11-12H2,1-4H3,(H,18,20). The summed E-state index contributed by atoms with van der Waals surface area (Å²) in [5.41, 5.74) is 2.03. The summed E-state index contributed by atoms with van der Waals surface area (Å²) in [5, 5.41) is 6.15. The van der Waals surface area contributed by atoms with Gasteiger partial charge >= 0.3 is 0 Å². The molecule has 112 valence electrons. The van der Waals surface area contributed by atoms with E-state index in [-0.39, 0.29) is 5.91 Å². The van der Waals surface area contributed by atoms with Crippen molar-refractivity contribution in [1.82, 2.24) is 10.2 Å². The molecule has 0 heterocycles. The second-order valence-electron chi connectivity index (χ2n) is 5.18. The number of amides is 1. The lowest BCUT2D eigenvalue weighted by Crippen LogP contribution is -2.42. The zero-order chi connectivity index (χ0) is 15.0. The smallest absolute Gasteiger partial charge is 0.238 e. The Morgan fingerprint density at radius 2 is 1.80 bits per heavy atom. The summed E-state index contributed by atoms with van der Waals surface area (Å²) in [6, 6.07) is 8.13. The van der Waals surface area contributed by atoms with Crippen LogP contribution in [0, 0.1) is 6.92 Å². The van der Waals surface area contributed by atoms with Crippen molar-refractivity contribution in [3.63, 3.8) is 0 Å². The Balaban J connectivity index is 2.30. The number of carbonyl (C=O) groups excluding carboxylic acids is 1. The van der Waals surface area contributed by atoms with Crippen LogP contribution < -0.4 is 10.6 Å². The van der Waals surface area contributed by atoms with Gasteiger partial charge in [0.1, 0.15) is 0 Å².